The third-order valence-corrected chi connectivity index (χ3v) is 4.46. The Bertz CT molecular complexity index is 1060. The molecule has 0 spiro atoms. The first-order chi connectivity index (χ1) is 13.5. The van der Waals surface area contributed by atoms with Crippen LogP contribution < -0.4 is 20.5 Å². The van der Waals surface area contributed by atoms with E-state index in [1.54, 1.807) is 36.4 Å². The van der Waals surface area contributed by atoms with Crippen molar-refractivity contribution in [2.75, 3.05) is 14.2 Å². The standard InChI is InChI=1S/C17H15Cl2N5O4/c1-27-11-7-6-10(14(8-11)28-2)9-20-16(25)24-17(26)23(21-22-24)15-12(18)4-3-5-13(15)19/h3-8H,9H2,1-2H3,(H,20,25). The summed E-state index contributed by atoms with van der Waals surface area (Å²) in [5.74, 6) is 1.14. The van der Waals surface area contributed by atoms with Gasteiger partial charge < -0.3 is 14.8 Å². The van der Waals surface area contributed by atoms with Crippen LogP contribution in [-0.2, 0) is 6.54 Å². The number of hydrogen-bond acceptors (Lipinski definition) is 6. The van der Waals surface area contributed by atoms with Crippen LogP contribution in [0.2, 0.25) is 10.0 Å². The second-order valence-electron chi connectivity index (χ2n) is 5.49. The molecule has 0 radical (unpaired) electrons. The van der Waals surface area contributed by atoms with Gasteiger partial charge in [0, 0.05) is 18.2 Å². The highest BCUT2D eigenvalue weighted by molar-refractivity contribution is 6.37. The maximum absolute atomic E-state index is 12.5. The third-order valence-electron chi connectivity index (χ3n) is 3.85. The molecule has 0 bridgehead atoms. The highest BCUT2D eigenvalue weighted by Crippen LogP contribution is 2.26. The van der Waals surface area contributed by atoms with Gasteiger partial charge in [-0.3, -0.25) is 0 Å². The van der Waals surface area contributed by atoms with Gasteiger partial charge in [-0.1, -0.05) is 29.3 Å². The van der Waals surface area contributed by atoms with Crippen molar-refractivity contribution >= 4 is 29.2 Å². The molecule has 1 heterocycles. The van der Waals surface area contributed by atoms with Gasteiger partial charge in [-0.25, -0.2) is 9.59 Å². The second-order valence-corrected chi connectivity index (χ2v) is 6.31. The van der Waals surface area contributed by atoms with Gasteiger partial charge in [-0.2, -0.15) is 4.68 Å². The van der Waals surface area contributed by atoms with Crippen LogP contribution in [0.1, 0.15) is 5.56 Å². The zero-order chi connectivity index (χ0) is 20.3. The largest absolute Gasteiger partial charge is 0.497 e. The van der Waals surface area contributed by atoms with Gasteiger partial charge in [0.05, 0.1) is 24.3 Å². The van der Waals surface area contributed by atoms with Crippen molar-refractivity contribution in [2.45, 2.75) is 6.54 Å². The average molecular weight is 424 g/mol. The molecule has 0 unspecified atom stereocenters. The number of carbonyl (C=O) groups is 1. The molecule has 9 nitrogen and oxygen atoms in total. The van der Waals surface area contributed by atoms with E-state index in [1.807, 2.05) is 0 Å². The van der Waals surface area contributed by atoms with E-state index in [0.29, 0.717) is 21.7 Å². The van der Waals surface area contributed by atoms with Crippen molar-refractivity contribution < 1.29 is 14.3 Å². The minimum atomic E-state index is -0.811. The lowest BCUT2D eigenvalue weighted by molar-refractivity contribution is 0.237. The quantitative estimate of drug-likeness (QED) is 0.632. The number of nitrogens with one attached hydrogen (secondary N) is 1. The molecule has 0 fully saturated rings. The molecule has 0 saturated carbocycles. The normalized spacial score (nSPS) is 10.6. The smallest absolute Gasteiger partial charge is 0.377 e. The number of para-hydroxylation sites is 1. The van der Waals surface area contributed by atoms with E-state index in [9.17, 15) is 9.59 Å². The summed E-state index contributed by atoms with van der Waals surface area (Å²) in [7, 11) is 3.04. The van der Waals surface area contributed by atoms with Gasteiger partial charge in [0.1, 0.15) is 17.2 Å². The lowest BCUT2D eigenvalue weighted by Gasteiger charge is -2.10. The monoisotopic (exact) mass is 423 g/mol. The maximum Gasteiger partial charge on any atom is 0.377 e. The fraction of sp³-hybridized carbons (Fsp3) is 0.176. The molecule has 1 amide bonds. The van der Waals surface area contributed by atoms with Gasteiger partial charge in [0.2, 0.25) is 0 Å². The van der Waals surface area contributed by atoms with Gasteiger partial charge in [0.25, 0.3) is 0 Å². The van der Waals surface area contributed by atoms with E-state index in [1.165, 1.54) is 14.2 Å². The summed E-state index contributed by atoms with van der Waals surface area (Å²) in [4.78, 5) is 24.9. The van der Waals surface area contributed by atoms with Gasteiger partial charge in [0.15, 0.2) is 0 Å². The number of amides is 1. The molecule has 3 rings (SSSR count). The van der Waals surface area contributed by atoms with Crippen LogP contribution >= 0.6 is 23.2 Å². The molecular weight excluding hydrogens is 409 g/mol. The number of aromatic nitrogens is 4. The third kappa shape index (κ3) is 3.80. The number of carbonyl (C=O) groups excluding carboxylic acids is 1. The molecule has 0 aliphatic carbocycles. The number of tetrazole rings is 1. The highest BCUT2D eigenvalue weighted by atomic mass is 35.5. The Kier molecular flexibility index (Phi) is 5.86. The first-order valence-corrected chi connectivity index (χ1v) is 8.70. The molecule has 11 heteroatoms. The Balaban J connectivity index is 1.82. The van der Waals surface area contributed by atoms with Crippen LogP contribution in [0.5, 0.6) is 11.5 Å². The van der Waals surface area contributed by atoms with Crippen LogP contribution in [0.4, 0.5) is 4.79 Å². The van der Waals surface area contributed by atoms with Crippen molar-refractivity contribution in [3.05, 3.63) is 62.5 Å². The molecule has 1 aromatic heterocycles. The number of halogens is 2. The predicted octanol–water partition coefficient (Wildman–Crippen LogP) is 2.51. The lowest BCUT2D eigenvalue weighted by atomic mass is 10.2. The minimum absolute atomic E-state index is 0.0954. The van der Waals surface area contributed by atoms with Crippen LogP contribution in [-0.4, -0.2) is 40.0 Å². The molecule has 146 valence electrons. The fourth-order valence-corrected chi connectivity index (χ4v) is 3.01. The Morgan fingerprint density at radius 3 is 2.46 bits per heavy atom. The van der Waals surface area contributed by atoms with E-state index in [2.05, 4.69) is 15.7 Å². The highest BCUT2D eigenvalue weighted by Gasteiger charge is 2.19. The summed E-state index contributed by atoms with van der Waals surface area (Å²) < 4.78 is 11.8. The number of nitrogens with zero attached hydrogens (tertiary/aromatic N) is 4. The van der Waals surface area contributed by atoms with E-state index in [-0.39, 0.29) is 22.3 Å². The predicted molar refractivity (Wildman–Crippen MR) is 103 cm³/mol. The number of methoxy groups -OCH3 is 2. The summed E-state index contributed by atoms with van der Waals surface area (Å²) in [6, 6.07) is 9.10. The van der Waals surface area contributed by atoms with E-state index in [0.717, 1.165) is 4.68 Å². The van der Waals surface area contributed by atoms with Crippen molar-refractivity contribution in [3.63, 3.8) is 0 Å². The van der Waals surface area contributed by atoms with E-state index >= 15 is 0 Å². The molecule has 2 aromatic carbocycles. The number of benzene rings is 2. The molecule has 3 aromatic rings. The number of ether oxygens (including phenoxy) is 2. The molecule has 0 atom stereocenters. The molecule has 0 aliphatic heterocycles. The van der Waals surface area contributed by atoms with Crippen molar-refractivity contribution in [1.82, 2.24) is 25.1 Å². The summed E-state index contributed by atoms with van der Waals surface area (Å²) in [5, 5.41) is 10.3. The first kappa shape index (κ1) is 19.7. The Morgan fingerprint density at radius 1 is 1.11 bits per heavy atom. The maximum atomic E-state index is 12.5. The van der Waals surface area contributed by atoms with Crippen LogP contribution in [0.25, 0.3) is 5.69 Å². The summed E-state index contributed by atoms with van der Waals surface area (Å²) in [6.45, 7) is 0.0954. The number of hydrogen-bond donors (Lipinski definition) is 1. The zero-order valence-electron chi connectivity index (χ0n) is 14.8. The van der Waals surface area contributed by atoms with Gasteiger partial charge in [-0.15, -0.1) is 4.68 Å². The average Bonchev–Trinajstić information content (AvgIpc) is 3.07. The zero-order valence-corrected chi connectivity index (χ0v) is 16.4. The Hall–Kier alpha value is -3.04. The lowest BCUT2D eigenvalue weighted by Crippen LogP contribution is -2.37. The van der Waals surface area contributed by atoms with E-state index in [4.69, 9.17) is 32.7 Å². The van der Waals surface area contributed by atoms with Crippen LogP contribution in [0.3, 0.4) is 0 Å². The minimum Gasteiger partial charge on any atom is -0.497 e. The second kappa shape index (κ2) is 8.32. The van der Waals surface area contributed by atoms with Gasteiger partial charge >= 0.3 is 11.7 Å². The fourth-order valence-electron chi connectivity index (χ4n) is 2.45. The first-order valence-electron chi connectivity index (χ1n) is 7.94. The number of rotatable bonds is 5. The van der Waals surface area contributed by atoms with E-state index < -0.39 is 11.7 Å². The Labute approximate surface area is 169 Å². The molecule has 0 aliphatic rings. The molecular formula is C17H15Cl2N5O4. The Morgan fingerprint density at radius 2 is 1.82 bits per heavy atom. The molecule has 1 N–H and O–H groups in total. The molecule has 28 heavy (non-hydrogen) atoms. The summed E-state index contributed by atoms with van der Waals surface area (Å²) >= 11 is 12.2. The van der Waals surface area contributed by atoms with Gasteiger partial charge in [-0.05, 0) is 34.7 Å². The summed E-state index contributed by atoms with van der Waals surface area (Å²) in [6.07, 6.45) is 0. The van der Waals surface area contributed by atoms with Crippen LogP contribution in [0, 0.1) is 0 Å². The van der Waals surface area contributed by atoms with Crippen LogP contribution in [0.15, 0.2) is 41.2 Å². The SMILES string of the molecule is COc1ccc(CNC(=O)n2nnn(-c3c(Cl)cccc3Cl)c2=O)c(OC)c1. The van der Waals surface area contributed by atoms with Crippen molar-refractivity contribution in [1.29, 1.82) is 0 Å². The van der Waals surface area contributed by atoms with Crippen molar-refractivity contribution in [3.8, 4) is 17.2 Å². The topological polar surface area (TPSA) is 100 Å². The van der Waals surface area contributed by atoms with Crippen molar-refractivity contribution in [2.24, 2.45) is 0 Å². The summed E-state index contributed by atoms with van der Waals surface area (Å²) in [5.41, 5.74) is 0.0205. The molecule has 0 saturated heterocycles.